The van der Waals surface area contributed by atoms with Gasteiger partial charge in [-0.05, 0) is 48.5 Å². The lowest BCUT2D eigenvalue weighted by Crippen LogP contribution is -2.51. The first-order chi connectivity index (χ1) is 11.9. The van der Waals surface area contributed by atoms with Crippen molar-refractivity contribution in [1.82, 2.24) is 4.90 Å². The molecule has 25 heavy (non-hydrogen) atoms. The fraction of sp³-hybridized carbons (Fsp3) is 0.364. The first-order valence-corrected chi connectivity index (χ1v) is 9.03. The Morgan fingerprint density at radius 2 is 1.52 bits per heavy atom. The maximum atomic E-state index is 6.21. The number of hydrogen-bond acceptors (Lipinski definition) is 2. The van der Waals surface area contributed by atoms with E-state index in [-0.39, 0.29) is 12.4 Å². The van der Waals surface area contributed by atoms with E-state index in [1.54, 1.807) is 0 Å². The molecule has 0 saturated carbocycles. The van der Waals surface area contributed by atoms with E-state index in [2.05, 4.69) is 65.6 Å². The van der Waals surface area contributed by atoms with Crippen LogP contribution in [0, 0.1) is 5.92 Å². The summed E-state index contributed by atoms with van der Waals surface area (Å²) >= 11 is 0. The standard InChI is InChI=1S/C22H25NO.ClH/c1-2-4-18(5-3-1)6-7-19-8-10-20(11-9-19)17-24-22-16-23-14-12-21(22)13-15-23;/h1-11,21-22H,12-17H2;1H/b7-6+;. The molecule has 0 aromatic heterocycles. The van der Waals surface area contributed by atoms with Gasteiger partial charge >= 0.3 is 0 Å². The molecule has 0 aliphatic carbocycles. The van der Waals surface area contributed by atoms with Crippen molar-refractivity contribution >= 4 is 24.6 Å². The molecular weight excluding hydrogens is 330 g/mol. The average molecular weight is 356 g/mol. The molecule has 1 unspecified atom stereocenters. The highest BCUT2D eigenvalue weighted by molar-refractivity contribution is 5.85. The maximum Gasteiger partial charge on any atom is 0.0735 e. The van der Waals surface area contributed by atoms with Crippen LogP contribution in [-0.4, -0.2) is 30.6 Å². The van der Waals surface area contributed by atoms with E-state index in [9.17, 15) is 0 Å². The second-order valence-corrected chi connectivity index (χ2v) is 6.97. The maximum absolute atomic E-state index is 6.21. The molecular formula is C22H26ClNO. The molecule has 3 aliphatic rings. The van der Waals surface area contributed by atoms with Crippen molar-refractivity contribution in [3.63, 3.8) is 0 Å². The third-order valence-electron chi connectivity index (χ3n) is 5.31. The molecule has 0 spiro atoms. The Labute approximate surface area is 156 Å². The zero-order valence-electron chi connectivity index (χ0n) is 14.5. The van der Waals surface area contributed by atoms with Crippen molar-refractivity contribution in [2.45, 2.75) is 25.6 Å². The van der Waals surface area contributed by atoms with E-state index < -0.39 is 0 Å². The molecule has 2 bridgehead atoms. The van der Waals surface area contributed by atoms with E-state index in [0.717, 1.165) is 19.1 Å². The summed E-state index contributed by atoms with van der Waals surface area (Å²) in [5, 5.41) is 0. The molecule has 0 radical (unpaired) electrons. The first kappa shape index (κ1) is 18.2. The topological polar surface area (TPSA) is 12.5 Å². The van der Waals surface area contributed by atoms with Crippen molar-refractivity contribution in [1.29, 1.82) is 0 Å². The van der Waals surface area contributed by atoms with Gasteiger partial charge in [0, 0.05) is 6.54 Å². The lowest BCUT2D eigenvalue weighted by atomic mass is 9.86. The van der Waals surface area contributed by atoms with Gasteiger partial charge in [-0.2, -0.15) is 0 Å². The second kappa shape index (κ2) is 8.66. The normalized spacial score (nSPS) is 25.0. The molecule has 3 heteroatoms. The quantitative estimate of drug-likeness (QED) is 0.708. The van der Waals surface area contributed by atoms with Crippen LogP contribution in [0.3, 0.4) is 0 Å². The van der Waals surface area contributed by atoms with Crippen molar-refractivity contribution in [3.8, 4) is 0 Å². The van der Waals surface area contributed by atoms with Crippen LogP contribution < -0.4 is 0 Å². The van der Waals surface area contributed by atoms with E-state index >= 15 is 0 Å². The van der Waals surface area contributed by atoms with Gasteiger partial charge in [-0.15, -0.1) is 12.4 Å². The van der Waals surface area contributed by atoms with Gasteiger partial charge in [0.15, 0.2) is 0 Å². The molecule has 132 valence electrons. The molecule has 5 rings (SSSR count). The van der Waals surface area contributed by atoms with Crippen LogP contribution >= 0.6 is 12.4 Å². The van der Waals surface area contributed by atoms with Crippen LogP contribution in [0.1, 0.15) is 29.5 Å². The Kier molecular flexibility index (Phi) is 6.30. The van der Waals surface area contributed by atoms with Gasteiger partial charge in [0.25, 0.3) is 0 Å². The highest BCUT2D eigenvalue weighted by Gasteiger charge is 2.34. The summed E-state index contributed by atoms with van der Waals surface area (Å²) in [4.78, 5) is 2.54. The monoisotopic (exact) mass is 355 g/mol. The minimum Gasteiger partial charge on any atom is -0.372 e. The van der Waals surface area contributed by atoms with Crippen molar-refractivity contribution in [2.75, 3.05) is 19.6 Å². The van der Waals surface area contributed by atoms with E-state index in [4.69, 9.17) is 4.74 Å². The Balaban J connectivity index is 0.00000182. The zero-order chi connectivity index (χ0) is 16.2. The molecule has 3 aliphatic heterocycles. The minimum absolute atomic E-state index is 0. The predicted octanol–water partition coefficient (Wildman–Crippen LogP) is 4.89. The van der Waals surface area contributed by atoms with E-state index in [0.29, 0.717) is 6.10 Å². The highest BCUT2D eigenvalue weighted by Crippen LogP contribution is 2.30. The molecule has 0 amide bonds. The molecule has 2 aromatic rings. The zero-order valence-corrected chi connectivity index (χ0v) is 15.3. The van der Waals surface area contributed by atoms with E-state index in [1.807, 2.05) is 6.07 Å². The fourth-order valence-corrected chi connectivity index (χ4v) is 3.78. The third kappa shape index (κ3) is 4.72. The summed E-state index contributed by atoms with van der Waals surface area (Å²) in [7, 11) is 0. The van der Waals surface area contributed by atoms with Gasteiger partial charge in [-0.25, -0.2) is 0 Å². The van der Waals surface area contributed by atoms with Crippen molar-refractivity contribution in [3.05, 3.63) is 71.3 Å². The number of rotatable bonds is 5. The summed E-state index contributed by atoms with van der Waals surface area (Å²) in [5.41, 5.74) is 3.72. The summed E-state index contributed by atoms with van der Waals surface area (Å²) in [6, 6.07) is 19.1. The summed E-state index contributed by atoms with van der Waals surface area (Å²) < 4.78 is 6.21. The number of piperidine rings is 3. The van der Waals surface area contributed by atoms with Gasteiger partial charge in [-0.1, -0.05) is 66.7 Å². The fourth-order valence-electron chi connectivity index (χ4n) is 3.78. The largest absolute Gasteiger partial charge is 0.372 e. The Morgan fingerprint density at radius 3 is 2.12 bits per heavy atom. The van der Waals surface area contributed by atoms with Gasteiger partial charge in [0.1, 0.15) is 0 Å². The summed E-state index contributed by atoms with van der Waals surface area (Å²) in [6.07, 6.45) is 7.37. The number of ether oxygens (including phenoxy) is 1. The van der Waals surface area contributed by atoms with Crippen molar-refractivity contribution in [2.24, 2.45) is 5.92 Å². The van der Waals surface area contributed by atoms with Gasteiger partial charge in [0.2, 0.25) is 0 Å². The number of halogens is 1. The van der Waals surface area contributed by atoms with E-state index in [1.165, 1.54) is 42.6 Å². The molecule has 3 saturated heterocycles. The van der Waals surface area contributed by atoms with Gasteiger partial charge in [-0.3, -0.25) is 0 Å². The Hall–Kier alpha value is -1.61. The SMILES string of the molecule is C(=C\c1ccc(COC2CN3CCC2CC3)cc1)/c1ccccc1.Cl. The minimum atomic E-state index is 0. The number of hydrogen-bond donors (Lipinski definition) is 0. The molecule has 3 heterocycles. The first-order valence-electron chi connectivity index (χ1n) is 9.03. The predicted molar refractivity (Wildman–Crippen MR) is 107 cm³/mol. The lowest BCUT2D eigenvalue weighted by Gasteiger charge is -2.44. The van der Waals surface area contributed by atoms with Gasteiger partial charge < -0.3 is 9.64 Å². The van der Waals surface area contributed by atoms with Crippen LogP contribution in [0.2, 0.25) is 0 Å². The molecule has 3 fully saturated rings. The molecule has 2 nitrogen and oxygen atoms in total. The number of nitrogens with zero attached hydrogens (tertiary/aromatic N) is 1. The highest BCUT2D eigenvalue weighted by atomic mass is 35.5. The number of benzene rings is 2. The summed E-state index contributed by atoms with van der Waals surface area (Å²) in [5.74, 6) is 0.781. The third-order valence-corrected chi connectivity index (χ3v) is 5.31. The van der Waals surface area contributed by atoms with Crippen LogP contribution in [-0.2, 0) is 11.3 Å². The second-order valence-electron chi connectivity index (χ2n) is 6.97. The Morgan fingerprint density at radius 1 is 0.880 bits per heavy atom. The van der Waals surface area contributed by atoms with Crippen molar-refractivity contribution < 1.29 is 4.74 Å². The molecule has 2 aromatic carbocycles. The molecule has 1 atom stereocenters. The van der Waals surface area contributed by atoms with Crippen LogP contribution in [0.25, 0.3) is 12.2 Å². The van der Waals surface area contributed by atoms with Crippen LogP contribution in [0.15, 0.2) is 54.6 Å². The van der Waals surface area contributed by atoms with Crippen LogP contribution in [0.4, 0.5) is 0 Å². The average Bonchev–Trinajstić information content (AvgIpc) is 2.67. The van der Waals surface area contributed by atoms with Crippen LogP contribution in [0.5, 0.6) is 0 Å². The summed E-state index contributed by atoms with van der Waals surface area (Å²) in [6.45, 7) is 4.40. The lowest BCUT2D eigenvalue weighted by molar-refractivity contribution is -0.0765. The number of fused-ring (bicyclic) bond motifs is 3. The Bertz CT molecular complexity index is 675. The smallest absolute Gasteiger partial charge is 0.0735 e. The van der Waals surface area contributed by atoms with Gasteiger partial charge in [0.05, 0.1) is 12.7 Å². The molecule has 0 N–H and O–H groups in total.